The Kier molecular flexibility index (Phi) is 5.92. The normalized spacial score (nSPS) is 14.6. The maximum atomic E-state index is 4.47. The van der Waals surface area contributed by atoms with Crippen LogP contribution >= 0.6 is 11.8 Å². The van der Waals surface area contributed by atoms with Gasteiger partial charge in [-0.2, -0.15) is 0 Å². The molecule has 1 rings (SSSR count). The second-order valence-electron chi connectivity index (χ2n) is 4.33. The zero-order valence-electron chi connectivity index (χ0n) is 11.4. The molecule has 0 amide bonds. The number of rotatable bonds is 6. The summed E-state index contributed by atoms with van der Waals surface area (Å²) in [6.07, 6.45) is 1.13. The Morgan fingerprint density at radius 1 is 1.24 bits per heavy atom. The zero-order valence-corrected chi connectivity index (χ0v) is 12.3. The van der Waals surface area contributed by atoms with Gasteiger partial charge in [-0.15, -0.1) is 0 Å². The third-order valence-corrected chi connectivity index (χ3v) is 3.82. The first-order chi connectivity index (χ1) is 8.06. The van der Waals surface area contributed by atoms with E-state index in [1.54, 1.807) is 11.8 Å². The molecule has 1 aromatic heterocycles. The highest BCUT2D eigenvalue weighted by molar-refractivity contribution is 7.99. The summed E-state index contributed by atoms with van der Waals surface area (Å²) in [6, 6.07) is 2.53. The molecule has 0 bridgehead atoms. The molecule has 3 nitrogen and oxygen atoms in total. The van der Waals surface area contributed by atoms with Crippen LogP contribution in [0.15, 0.2) is 11.2 Å². The van der Waals surface area contributed by atoms with Crippen molar-refractivity contribution in [2.24, 2.45) is 0 Å². The largest absolute Gasteiger partial charge is 0.313 e. The highest BCUT2D eigenvalue weighted by Gasteiger charge is 2.16. The van der Waals surface area contributed by atoms with Crippen LogP contribution in [0, 0.1) is 13.8 Å². The quantitative estimate of drug-likeness (QED) is 0.625. The van der Waals surface area contributed by atoms with Crippen LogP contribution in [0.2, 0.25) is 0 Å². The molecular weight excluding hydrogens is 230 g/mol. The van der Waals surface area contributed by atoms with Gasteiger partial charge in [-0.1, -0.05) is 32.5 Å². The lowest BCUT2D eigenvalue weighted by molar-refractivity contribution is 0.508. The molecule has 0 saturated heterocycles. The molecule has 0 radical (unpaired) electrons. The Balaban J connectivity index is 2.68. The maximum absolute atomic E-state index is 4.47. The summed E-state index contributed by atoms with van der Waals surface area (Å²) in [5, 5.41) is 4.89. The molecule has 17 heavy (non-hydrogen) atoms. The molecule has 0 saturated carbocycles. The van der Waals surface area contributed by atoms with Gasteiger partial charge in [0.15, 0.2) is 5.16 Å². The minimum Gasteiger partial charge on any atom is -0.313 e. The fourth-order valence-electron chi connectivity index (χ4n) is 1.90. The molecule has 1 aromatic rings. The first kappa shape index (κ1) is 14.5. The van der Waals surface area contributed by atoms with Crippen LogP contribution in [0.4, 0.5) is 0 Å². The van der Waals surface area contributed by atoms with Crippen LogP contribution in [0.3, 0.4) is 0 Å². The van der Waals surface area contributed by atoms with Crippen LogP contribution in [0.1, 0.15) is 38.6 Å². The monoisotopic (exact) mass is 253 g/mol. The van der Waals surface area contributed by atoms with Crippen molar-refractivity contribution in [1.29, 1.82) is 0 Å². The Morgan fingerprint density at radius 2 is 1.82 bits per heavy atom. The SMILES string of the molecule is CCNC(CC)C(C)Sc1nc(C)cc(C)n1. The van der Waals surface area contributed by atoms with Gasteiger partial charge in [-0.25, -0.2) is 9.97 Å². The van der Waals surface area contributed by atoms with Gasteiger partial charge in [0, 0.05) is 22.7 Å². The standard InChI is InChI=1S/C13H23N3S/c1-6-12(14-7-2)11(5)17-13-15-9(3)8-10(4)16-13/h8,11-12,14H,6-7H2,1-5H3. The predicted molar refractivity (Wildman–Crippen MR) is 74.6 cm³/mol. The fourth-order valence-corrected chi connectivity index (χ4v) is 3.08. The predicted octanol–water partition coefficient (Wildman–Crippen LogP) is 2.96. The number of aryl methyl sites for hydroxylation is 2. The Hall–Kier alpha value is -0.610. The van der Waals surface area contributed by atoms with Gasteiger partial charge in [0.1, 0.15) is 0 Å². The van der Waals surface area contributed by atoms with E-state index in [9.17, 15) is 0 Å². The molecule has 0 aliphatic carbocycles. The zero-order chi connectivity index (χ0) is 12.8. The average molecular weight is 253 g/mol. The van der Waals surface area contributed by atoms with Crippen LogP contribution in [-0.4, -0.2) is 27.8 Å². The summed E-state index contributed by atoms with van der Waals surface area (Å²) in [5.41, 5.74) is 2.09. The van der Waals surface area contributed by atoms with E-state index in [4.69, 9.17) is 0 Å². The summed E-state index contributed by atoms with van der Waals surface area (Å²) < 4.78 is 0. The molecule has 1 N–H and O–H groups in total. The highest BCUT2D eigenvalue weighted by atomic mass is 32.2. The molecule has 2 unspecified atom stereocenters. The third kappa shape index (κ3) is 4.64. The van der Waals surface area contributed by atoms with Crippen LogP contribution in [0.25, 0.3) is 0 Å². The molecule has 0 fully saturated rings. The summed E-state index contributed by atoms with van der Waals surface area (Å²) >= 11 is 1.76. The Morgan fingerprint density at radius 3 is 2.29 bits per heavy atom. The van der Waals surface area contributed by atoms with Gasteiger partial charge >= 0.3 is 0 Å². The van der Waals surface area contributed by atoms with E-state index in [-0.39, 0.29) is 0 Å². The van der Waals surface area contributed by atoms with E-state index in [2.05, 4.69) is 36.1 Å². The first-order valence-electron chi connectivity index (χ1n) is 6.29. The minimum atomic E-state index is 0.487. The molecule has 0 aliphatic rings. The number of nitrogens with one attached hydrogen (secondary N) is 1. The molecule has 96 valence electrons. The van der Waals surface area contributed by atoms with Gasteiger partial charge in [0.2, 0.25) is 0 Å². The minimum absolute atomic E-state index is 0.487. The lowest BCUT2D eigenvalue weighted by Gasteiger charge is -2.22. The third-order valence-electron chi connectivity index (χ3n) is 2.73. The Labute approximate surface area is 109 Å². The van der Waals surface area contributed by atoms with E-state index in [0.29, 0.717) is 11.3 Å². The smallest absolute Gasteiger partial charge is 0.188 e. The average Bonchev–Trinajstić information content (AvgIpc) is 2.24. The van der Waals surface area contributed by atoms with Crippen LogP contribution in [0.5, 0.6) is 0 Å². The summed E-state index contributed by atoms with van der Waals surface area (Å²) in [7, 11) is 0. The molecule has 0 spiro atoms. The number of hydrogen-bond donors (Lipinski definition) is 1. The number of thioether (sulfide) groups is 1. The Bertz CT molecular complexity index is 334. The van der Waals surface area contributed by atoms with Gasteiger partial charge < -0.3 is 5.32 Å². The molecule has 0 aromatic carbocycles. The molecular formula is C13H23N3S. The molecule has 4 heteroatoms. The van der Waals surface area contributed by atoms with E-state index in [1.165, 1.54) is 0 Å². The van der Waals surface area contributed by atoms with Crippen LogP contribution < -0.4 is 5.32 Å². The summed E-state index contributed by atoms with van der Waals surface area (Å²) in [6.45, 7) is 11.6. The van der Waals surface area contributed by atoms with E-state index in [0.717, 1.165) is 29.5 Å². The van der Waals surface area contributed by atoms with Gasteiger partial charge in [0.05, 0.1) is 0 Å². The van der Waals surface area contributed by atoms with Crippen molar-refractivity contribution in [3.63, 3.8) is 0 Å². The van der Waals surface area contributed by atoms with Crippen LogP contribution in [-0.2, 0) is 0 Å². The lowest BCUT2D eigenvalue weighted by Crippen LogP contribution is -2.36. The number of nitrogens with zero attached hydrogens (tertiary/aromatic N) is 2. The molecule has 1 heterocycles. The van der Waals surface area contributed by atoms with Gasteiger partial charge in [-0.3, -0.25) is 0 Å². The molecule has 0 aliphatic heterocycles. The van der Waals surface area contributed by atoms with Gasteiger partial charge in [-0.05, 0) is 32.9 Å². The van der Waals surface area contributed by atoms with Crippen molar-refractivity contribution in [3.05, 3.63) is 17.5 Å². The second kappa shape index (κ2) is 6.97. The second-order valence-corrected chi connectivity index (χ2v) is 5.67. The highest BCUT2D eigenvalue weighted by Crippen LogP contribution is 2.23. The number of hydrogen-bond acceptors (Lipinski definition) is 4. The van der Waals surface area contributed by atoms with Crippen molar-refractivity contribution in [1.82, 2.24) is 15.3 Å². The molecule has 2 atom stereocenters. The summed E-state index contributed by atoms with van der Waals surface area (Å²) in [4.78, 5) is 8.95. The topological polar surface area (TPSA) is 37.8 Å². The first-order valence-corrected chi connectivity index (χ1v) is 7.17. The van der Waals surface area contributed by atoms with Crippen molar-refractivity contribution < 1.29 is 0 Å². The van der Waals surface area contributed by atoms with Crippen molar-refractivity contribution >= 4 is 11.8 Å². The van der Waals surface area contributed by atoms with Crippen molar-refractivity contribution in [2.45, 2.75) is 57.5 Å². The number of aromatic nitrogens is 2. The maximum Gasteiger partial charge on any atom is 0.188 e. The van der Waals surface area contributed by atoms with Crippen molar-refractivity contribution in [3.8, 4) is 0 Å². The van der Waals surface area contributed by atoms with E-state index < -0.39 is 0 Å². The van der Waals surface area contributed by atoms with E-state index in [1.807, 2.05) is 19.9 Å². The lowest BCUT2D eigenvalue weighted by atomic mass is 10.2. The van der Waals surface area contributed by atoms with Gasteiger partial charge in [0.25, 0.3) is 0 Å². The van der Waals surface area contributed by atoms with Crippen molar-refractivity contribution in [2.75, 3.05) is 6.54 Å². The summed E-state index contributed by atoms with van der Waals surface area (Å²) in [5.74, 6) is 0. The van der Waals surface area contributed by atoms with E-state index >= 15 is 0 Å². The fraction of sp³-hybridized carbons (Fsp3) is 0.692.